The highest BCUT2D eigenvalue weighted by atomic mass is 79.9. The van der Waals surface area contributed by atoms with Gasteiger partial charge in [-0.2, -0.15) is 5.10 Å². The lowest BCUT2D eigenvalue weighted by atomic mass is 10.0. The highest BCUT2D eigenvalue weighted by Gasteiger charge is 2.31. The number of nitrogens with zero attached hydrogens (tertiary/aromatic N) is 3. The van der Waals surface area contributed by atoms with Crippen molar-refractivity contribution in [2.75, 3.05) is 20.1 Å². The second kappa shape index (κ2) is 5.01. The van der Waals surface area contributed by atoms with Crippen molar-refractivity contribution in [3.05, 3.63) is 15.9 Å². The minimum Gasteiger partial charge on any atom is -0.476 e. The topological polar surface area (TPSA) is 58.4 Å². The van der Waals surface area contributed by atoms with Crippen LogP contribution in [0.3, 0.4) is 0 Å². The molecule has 1 fully saturated rings. The Balaban J connectivity index is 2.47. The molecule has 0 aromatic carbocycles. The predicted molar refractivity (Wildman–Crippen MR) is 72.1 cm³/mol. The number of carboxylic acids is 1. The van der Waals surface area contributed by atoms with Crippen molar-refractivity contribution in [2.24, 2.45) is 0 Å². The zero-order valence-corrected chi connectivity index (χ0v) is 12.4. The van der Waals surface area contributed by atoms with Crippen LogP contribution in [-0.2, 0) is 0 Å². The van der Waals surface area contributed by atoms with Crippen molar-refractivity contribution >= 4 is 21.9 Å². The van der Waals surface area contributed by atoms with E-state index in [9.17, 15) is 4.79 Å². The number of aromatic nitrogens is 2. The van der Waals surface area contributed by atoms with E-state index < -0.39 is 5.97 Å². The van der Waals surface area contributed by atoms with E-state index >= 15 is 0 Å². The van der Waals surface area contributed by atoms with Gasteiger partial charge < -0.3 is 10.0 Å². The minimum atomic E-state index is -0.978. The molecule has 2 heterocycles. The Bertz CT molecular complexity index is 470. The first-order chi connectivity index (χ1) is 8.41. The van der Waals surface area contributed by atoms with Crippen LogP contribution in [0.1, 0.15) is 48.4 Å². The van der Waals surface area contributed by atoms with E-state index in [0.29, 0.717) is 10.4 Å². The number of aromatic carboxylic acids is 1. The van der Waals surface area contributed by atoms with E-state index in [2.05, 4.69) is 33.0 Å². The van der Waals surface area contributed by atoms with Crippen molar-refractivity contribution in [1.82, 2.24) is 14.7 Å². The summed E-state index contributed by atoms with van der Waals surface area (Å²) in [6.45, 7) is 6.04. The van der Waals surface area contributed by atoms with Crippen LogP contribution in [0.5, 0.6) is 0 Å². The van der Waals surface area contributed by atoms with Crippen molar-refractivity contribution in [1.29, 1.82) is 0 Å². The molecule has 5 nitrogen and oxygen atoms in total. The molecule has 2 rings (SSSR count). The molecular formula is C12H18BrN3O2. The molecule has 1 aliphatic rings. The van der Waals surface area contributed by atoms with Gasteiger partial charge in [-0.3, -0.25) is 4.68 Å². The molecule has 1 N–H and O–H groups in total. The largest absolute Gasteiger partial charge is 0.476 e. The third-order valence-corrected chi connectivity index (χ3v) is 4.14. The monoisotopic (exact) mass is 315 g/mol. The van der Waals surface area contributed by atoms with Crippen molar-refractivity contribution in [3.8, 4) is 0 Å². The summed E-state index contributed by atoms with van der Waals surface area (Å²) in [6.07, 6.45) is 1.05. The summed E-state index contributed by atoms with van der Waals surface area (Å²) in [5.41, 5.74) is 1.14. The number of hydrogen-bond donors (Lipinski definition) is 1. The van der Waals surface area contributed by atoms with Gasteiger partial charge in [0.25, 0.3) is 0 Å². The fourth-order valence-corrected chi connectivity index (χ4v) is 3.24. The van der Waals surface area contributed by atoms with Gasteiger partial charge >= 0.3 is 5.97 Å². The SMILES string of the molecule is CC(C)n1nc(C(=O)O)c(Br)c1C1CCN(C)C1. The molecule has 1 unspecified atom stereocenters. The molecule has 0 radical (unpaired) electrons. The van der Waals surface area contributed by atoms with Crippen LogP contribution >= 0.6 is 15.9 Å². The summed E-state index contributed by atoms with van der Waals surface area (Å²) in [7, 11) is 2.09. The Morgan fingerprint density at radius 1 is 1.56 bits per heavy atom. The summed E-state index contributed by atoms with van der Waals surface area (Å²) in [5, 5.41) is 13.4. The molecule has 1 aliphatic heterocycles. The Hall–Kier alpha value is -0.880. The Morgan fingerprint density at radius 3 is 2.67 bits per heavy atom. The standard InChI is InChI=1S/C12H18BrN3O2/c1-7(2)16-11(8-4-5-15(3)6-8)9(13)10(14-16)12(17)18/h7-8H,4-6H2,1-3H3,(H,17,18). The number of halogens is 1. The van der Waals surface area contributed by atoms with Crippen molar-refractivity contribution < 1.29 is 9.90 Å². The maximum atomic E-state index is 11.2. The average Bonchev–Trinajstić information content (AvgIpc) is 2.81. The normalized spacial score (nSPS) is 20.8. The number of rotatable bonds is 3. The van der Waals surface area contributed by atoms with Crippen LogP contribution in [0.2, 0.25) is 0 Å². The predicted octanol–water partition coefficient (Wildman–Crippen LogP) is 2.34. The molecule has 1 aromatic heterocycles. The van der Waals surface area contributed by atoms with Crippen LogP contribution in [0.25, 0.3) is 0 Å². The van der Waals surface area contributed by atoms with Gasteiger partial charge in [-0.15, -0.1) is 0 Å². The van der Waals surface area contributed by atoms with Crippen molar-refractivity contribution in [2.45, 2.75) is 32.2 Å². The quantitative estimate of drug-likeness (QED) is 0.930. The number of carbonyl (C=O) groups is 1. The van der Waals surface area contributed by atoms with E-state index in [0.717, 1.165) is 25.2 Å². The summed E-state index contributed by atoms with van der Waals surface area (Å²) >= 11 is 3.42. The fraction of sp³-hybridized carbons (Fsp3) is 0.667. The first-order valence-corrected chi connectivity index (χ1v) is 6.90. The van der Waals surface area contributed by atoms with E-state index in [4.69, 9.17) is 5.11 Å². The molecule has 1 aromatic rings. The maximum Gasteiger partial charge on any atom is 0.357 e. The molecule has 0 aliphatic carbocycles. The zero-order chi connectivity index (χ0) is 13.4. The Morgan fingerprint density at radius 2 is 2.22 bits per heavy atom. The first kappa shape index (κ1) is 13.5. The lowest BCUT2D eigenvalue weighted by molar-refractivity contribution is 0.0688. The molecule has 1 saturated heterocycles. The van der Waals surface area contributed by atoms with Gasteiger partial charge in [-0.25, -0.2) is 4.79 Å². The van der Waals surface area contributed by atoms with Gasteiger partial charge in [0, 0.05) is 18.5 Å². The molecule has 0 saturated carbocycles. The summed E-state index contributed by atoms with van der Waals surface area (Å²) in [4.78, 5) is 13.4. The van der Waals surface area contributed by atoms with E-state index in [1.807, 2.05) is 18.5 Å². The molecule has 0 amide bonds. The maximum absolute atomic E-state index is 11.2. The van der Waals surface area contributed by atoms with Gasteiger partial charge in [0.05, 0.1) is 10.2 Å². The lowest BCUT2D eigenvalue weighted by Crippen LogP contribution is -2.16. The third-order valence-electron chi connectivity index (χ3n) is 3.36. The van der Waals surface area contributed by atoms with E-state index in [1.54, 1.807) is 0 Å². The number of likely N-dealkylation sites (tertiary alicyclic amines) is 1. The average molecular weight is 316 g/mol. The van der Waals surface area contributed by atoms with Crippen molar-refractivity contribution in [3.63, 3.8) is 0 Å². The lowest BCUT2D eigenvalue weighted by Gasteiger charge is -2.16. The Labute approximate surface area is 115 Å². The highest BCUT2D eigenvalue weighted by Crippen LogP contribution is 2.35. The van der Waals surface area contributed by atoms with Gasteiger partial charge in [0.1, 0.15) is 0 Å². The third kappa shape index (κ3) is 2.31. The summed E-state index contributed by atoms with van der Waals surface area (Å²) in [6, 6.07) is 0.162. The molecule has 0 bridgehead atoms. The van der Waals surface area contributed by atoms with Crippen LogP contribution in [0, 0.1) is 0 Å². The number of hydrogen-bond acceptors (Lipinski definition) is 3. The molecular weight excluding hydrogens is 298 g/mol. The highest BCUT2D eigenvalue weighted by molar-refractivity contribution is 9.10. The van der Waals surface area contributed by atoms with Gasteiger partial charge in [0.2, 0.25) is 0 Å². The fourth-order valence-electron chi connectivity index (χ4n) is 2.48. The van der Waals surface area contributed by atoms with Crippen LogP contribution in [-0.4, -0.2) is 45.9 Å². The molecule has 0 spiro atoms. The van der Waals surface area contributed by atoms with Crippen LogP contribution < -0.4 is 0 Å². The smallest absolute Gasteiger partial charge is 0.357 e. The summed E-state index contributed by atoms with van der Waals surface area (Å²) in [5.74, 6) is -0.624. The van der Waals surface area contributed by atoms with E-state index in [-0.39, 0.29) is 11.7 Å². The molecule has 18 heavy (non-hydrogen) atoms. The summed E-state index contributed by atoms with van der Waals surface area (Å²) < 4.78 is 2.49. The zero-order valence-electron chi connectivity index (χ0n) is 10.9. The molecule has 6 heteroatoms. The van der Waals surface area contributed by atoms with E-state index in [1.165, 1.54) is 0 Å². The van der Waals surface area contributed by atoms with Crippen LogP contribution in [0.4, 0.5) is 0 Å². The Kier molecular flexibility index (Phi) is 3.77. The van der Waals surface area contributed by atoms with Gasteiger partial charge in [-0.05, 0) is 49.8 Å². The van der Waals surface area contributed by atoms with Gasteiger partial charge in [0.15, 0.2) is 5.69 Å². The number of likely N-dealkylation sites (N-methyl/N-ethyl adjacent to an activating group) is 1. The first-order valence-electron chi connectivity index (χ1n) is 6.11. The second-order valence-electron chi connectivity index (χ2n) is 5.14. The van der Waals surface area contributed by atoms with Gasteiger partial charge in [-0.1, -0.05) is 0 Å². The molecule has 1 atom stereocenters. The minimum absolute atomic E-state index is 0.119. The van der Waals surface area contributed by atoms with Crippen LogP contribution in [0.15, 0.2) is 4.47 Å². The number of carboxylic acid groups (broad SMARTS) is 1. The second-order valence-corrected chi connectivity index (χ2v) is 5.93. The molecule has 100 valence electrons.